The third-order valence-corrected chi connectivity index (χ3v) is 6.06. The Morgan fingerprint density at radius 3 is 2.04 bits per heavy atom. The molecule has 0 N–H and O–H groups in total. The monoisotopic (exact) mass is 398 g/mol. The zero-order valence-corrected chi connectivity index (χ0v) is 16.6. The van der Waals surface area contributed by atoms with Crippen molar-refractivity contribution >= 4 is 21.7 Å². The molecule has 3 rings (SSSR count). The van der Waals surface area contributed by atoms with Crippen molar-refractivity contribution in [3.63, 3.8) is 0 Å². The van der Waals surface area contributed by atoms with Crippen molar-refractivity contribution in [2.45, 2.75) is 51.9 Å². The number of hydrogen-bond acceptors (Lipinski definition) is 1. The molecular weight excluding hydrogens is 372 g/mol. The fourth-order valence-corrected chi connectivity index (χ4v) is 4.18. The van der Waals surface area contributed by atoms with Gasteiger partial charge in [0.15, 0.2) is 5.78 Å². The number of halogens is 1. The van der Waals surface area contributed by atoms with Crippen LogP contribution in [0.2, 0.25) is 0 Å². The van der Waals surface area contributed by atoms with E-state index in [0.717, 1.165) is 34.4 Å². The molecule has 1 saturated carbocycles. The molecule has 1 aliphatic rings. The molecule has 0 spiro atoms. The maximum Gasteiger partial charge on any atom is 0.165 e. The summed E-state index contributed by atoms with van der Waals surface area (Å²) in [5, 5.41) is 0. The molecule has 2 heteroatoms. The van der Waals surface area contributed by atoms with Gasteiger partial charge in [-0.1, -0.05) is 78.5 Å². The molecular formula is C23H27BrO. The molecule has 0 radical (unpaired) electrons. The van der Waals surface area contributed by atoms with Crippen LogP contribution in [0.5, 0.6) is 0 Å². The van der Waals surface area contributed by atoms with Gasteiger partial charge in [0.25, 0.3) is 0 Å². The van der Waals surface area contributed by atoms with Gasteiger partial charge >= 0.3 is 0 Å². The molecule has 0 aliphatic heterocycles. The van der Waals surface area contributed by atoms with Gasteiger partial charge in [-0.3, -0.25) is 4.79 Å². The van der Waals surface area contributed by atoms with Gasteiger partial charge in [-0.25, -0.2) is 0 Å². The standard InChI is InChI=1S/C23H27BrO/c1-2-3-4-17-5-7-20(8-6-17)23(25)21-11-9-18(10-12-21)19-13-15-22(24)16-14-19/h9-17,20H,2-8H2,1H3. The van der Waals surface area contributed by atoms with Gasteiger partial charge in [0.2, 0.25) is 0 Å². The Morgan fingerprint density at radius 2 is 1.48 bits per heavy atom. The van der Waals surface area contributed by atoms with Gasteiger partial charge in [0, 0.05) is 16.0 Å². The lowest BCUT2D eigenvalue weighted by Gasteiger charge is -2.27. The summed E-state index contributed by atoms with van der Waals surface area (Å²) in [7, 11) is 0. The number of Topliss-reactive ketones (excluding diaryl/α,β-unsaturated/α-hetero) is 1. The minimum Gasteiger partial charge on any atom is -0.294 e. The summed E-state index contributed by atoms with van der Waals surface area (Å²) in [5.41, 5.74) is 3.21. The molecule has 0 atom stereocenters. The minimum absolute atomic E-state index is 0.233. The summed E-state index contributed by atoms with van der Waals surface area (Å²) in [4.78, 5) is 12.8. The van der Waals surface area contributed by atoms with E-state index >= 15 is 0 Å². The summed E-state index contributed by atoms with van der Waals surface area (Å²) in [6.45, 7) is 2.26. The summed E-state index contributed by atoms with van der Waals surface area (Å²) < 4.78 is 1.08. The molecule has 132 valence electrons. The molecule has 0 unspecified atom stereocenters. The van der Waals surface area contributed by atoms with Crippen molar-refractivity contribution in [3.05, 3.63) is 58.6 Å². The Hall–Kier alpha value is -1.41. The van der Waals surface area contributed by atoms with Gasteiger partial charge in [0.05, 0.1) is 0 Å². The zero-order chi connectivity index (χ0) is 17.6. The first-order chi connectivity index (χ1) is 12.2. The Kier molecular flexibility index (Phi) is 6.47. The average molecular weight is 399 g/mol. The summed E-state index contributed by atoms with van der Waals surface area (Å²) in [6.07, 6.45) is 8.56. The van der Waals surface area contributed by atoms with E-state index in [-0.39, 0.29) is 5.92 Å². The second-order valence-electron chi connectivity index (χ2n) is 7.31. The SMILES string of the molecule is CCCCC1CCC(C(=O)c2ccc(-c3ccc(Br)cc3)cc2)CC1. The third kappa shape index (κ3) is 4.82. The number of hydrogen-bond donors (Lipinski definition) is 0. The zero-order valence-electron chi connectivity index (χ0n) is 15.0. The molecule has 0 amide bonds. The first kappa shape index (κ1) is 18.4. The van der Waals surface area contributed by atoms with Crippen LogP contribution < -0.4 is 0 Å². The Bertz CT molecular complexity index is 679. The highest BCUT2D eigenvalue weighted by molar-refractivity contribution is 9.10. The van der Waals surface area contributed by atoms with Crippen LogP contribution in [0.15, 0.2) is 53.0 Å². The van der Waals surface area contributed by atoms with Crippen LogP contribution in [0.3, 0.4) is 0 Å². The second-order valence-corrected chi connectivity index (χ2v) is 8.22. The van der Waals surface area contributed by atoms with Crippen molar-refractivity contribution in [1.29, 1.82) is 0 Å². The van der Waals surface area contributed by atoms with E-state index in [1.54, 1.807) is 0 Å². The summed E-state index contributed by atoms with van der Waals surface area (Å²) in [5.74, 6) is 1.43. The Labute approximate surface area is 160 Å². The normalized spacial score (nSPS) is 20.4. The van der Waals surface area contributed by atoms with Crippen molar-refractivity contribution in [2.75, 3.05) is 0 Å². The van der Waals surface area contributed by atoms with E-state index in [2.05, 4.69) is 47.1 Å². The van der Waals surface area contributed by atoms with Crippen molar-refractivity contribution in [1.82, 2.24) is 0 Å². The summed E-state index contributed by atoms with van der Waals surface area (Å²) >= 11 is 3.47. The molecule has 2 aromatic carbocycles. The van der Waals surface area contributed by atoms with Gasteiger partial charge < -0.3 is 0 Å². The fourth-order valence-electron chi connectivity index (χ4n) is 3.91. The topological polar surface area (TPSA) is 17.1 Å². The first-order valence-electron chi connectivity index (χ1n) is 9.57. The fraction of sp³-hybridized carbons (Fsp3) is 0.435. The predicted octanol–water partition coefficient (Wildman–Crippen LogP) is 7.30. The molecule has 2 aromatic rings. The third-order valence-electron chi connectivity index (χ3n) is 5.53. The van der Waals surface area contributed by atoms with Crippen molar-refractivity contribution in [3.8, 4) is 11.1 Å². The van der Waals surface area contributed by atoms with E-state index in [4.69, 9.17) is 0 Å². The highest BCUT2D eigenvalue weighted by Crippen LogP contribution is 2.34. The Balaban J connectivity index is 1.60. The quantitative estimate of drug-likeness (QED) is 0.466. The van der Waals surface area contributed by atoms with Crippen LogP contribution in [0.25, 0.3) is 11.1 Å². The maximum absolute atomic E-state index is 12.8. The predicted molar refractivity (Wildman–Crippen MR) is 109 cm³/mol. The number of carbonyl (C=O) groups excluding carboxylic acids is 1. The average Bonchev–Trinajstić information content (AvgIpc) is 2.67. The largest absolute Gasteiger partial charge is 0.294 e. The smallest absolute Gasteiger partial charge is 0.165 e. The molecule has 0 heterocycles. The maximum atomic E-state index is 12.8. The van der Waals surface area contributed by atoms with Crippen molar-refractivity contribution in [2.24, 2.45) is 11.8 Å². The van der Waals surface area contributed by atoms with E-state index < -0.39 is 0 Å². The van der Waals surface area contributed by atoms with E-state index in [9.17, 15) is 4.79 Å². The minimum atomic E-state index is 0.233. The van der Waals surface area contributed by atoms with Gasteiger partial charge in [-0.05, 0) is 54.9 Å². The van der Waals surface area contributed by atoms with E-state index in [1.807, 2.05) is 24.3 Å². The van der Waals surface area contributed by atoms with E-state index in [1.165, 1.54) is 37.7 Å². The lowest BCUT2D eigenvalue weighted by Crippen LogP contribution is -2.22. The van der Waals surface area contributed by atoms with Crippen LogP contribution in [-0.4, -0.2) is 5.78 Å². The highest BCUT2D eigenvalue weighted by atomic mass is 79.9. The lowest BCUT2D eigenvalue weighted by molar-refractivity contribution is 0.0869. The van der Waals surface area contributed by atoms with Crippen LogP contribution in [0.1, 0.15) is 62.2 Å². The number of rotatable bonds is 6. The van der Waals surface area contributed by atoms with E-state index in [0.29, 0.717) is 5.78 Å². The number of benzene rings is 2. The van der Waals surface area contributed by atoms with Crippen LogP contribution in [0.4, 0.5) is 0 Å². The molecule has 0 aromatic heterocycles. The molecule has 1 aliphatic carbocycles. The van der Waals surface area contributed by atoms with Gasteiger partial charge in [-0.2, -0.15) is 0 Å². The lowest BCUT2D eigenvalue weighted by atomic mass is 9.77. The molecule has 0 saturated heterocycles. The van der Waals surface area contributed by atoms with Crippen LogP contribution in [-0.2, 0) is 0 Å². The highest BCUT2D eigenvalue weighted by Gasteiger charge is 2.26. The first-order valence-corrected chi connectivity index (χ1v) is 10.4. The Morgan fingerprint density at radius 1 is 0.920 bits per heavy atom. The molecule has 0 bridgehead atoms. The van der Waals surface area contributed by atoms with Gasteiger partial charge in [-0.15, -0.1) is 0 Å². The number of carbonyl (C=O) groups is 1. The van der Waals surface area contributed by atoms with Crippen molar-refractivity contribution < 1.29 is 4.79 Å². The molecule has 25 heavy (non-hydrogen) atoms. The molecule has 1 nitrogen and oxygen atoms in total. The second kappa shape index (κ2) is 8.80. The number of ketones is 1. The van der Waals surface area contributed by atoms with Crippen LogP contribution in [0, 0.1) is 11.8 Å². The molecule has 1 fully saturated rings. The number of unbranched alkanes of at least 4 members (excludes halogenated alkanes) is 1. The summed E-state index contributed by atoms with van der Waals surface area (Å²) in [6, 6.07) is 16.4. The van der Waals surface area contributed by atoms with Gasteiger partial charge in [0.1, 0.15) is 0 Å². The van der Waals surface area contributed by atoms with Crippen LogP contribution >= 0.6 is 15.9 Å².